The van der Waals surface area contributed by atoms with E-state index >= 15 is 0 Å². The van der Waals surface area contributed by atoms with E-state index in [1.165, 1.54) is 6.07 Å². The van der Waals surface area contributed by atoms with Gasteiger partial charge in [0.15, 0.2) is 5.82 Å². The molecule has 1 heterocycles. The lowest BCUT2D eigenvalue weighted by atomic mass is 9.99. The standard InChI is InChI=1S/C13H13ClFN3O3S/c14-9-3-4-11(10(15)7-9)22(19,20)18-13(5-1-2-6-13)12-16-8-21-17-12/h3-4,7-8,18H,1-2,5-6H2. The maximum Gasteiger partial charge on any atom is 0.244 e. The molecule has 1 saturated carbocycles. The number of halogens is 2. The van der Waals surface area contributed by atoms with Crippen LogP contribution < -0.4 is 4.72 Å². The number of benzene rings is 1. The van der Waals surface area contributed by atoms with Crippen LogP contribution in [0.15, 0.2) is 34.0 Å². The molecule has 9 heteroatoms. The molecule has 0 spiro atoms. The molecule has 0 unspecified atom stereocenters. The van der Waals surface area contributed by atoms with Crippen LogP contribution in [0.3, 0.4) is 0 Å². The minimum Gasteiger partial charge on any atom is -0.343 e. The zero-order chi connectivity index (χ0) is 15.8. The van der Waals surface area contributed by atoms with Gasteiger partial charge >= 0.3 is 0 Å². The highest BCUT2D eigenvalue weighted by Gasteiger charge is 2.43. The predicted octanol–water partition coefficient (Wildman–Crippen LogP) is 2.61. The van der Waals surface area contributed by atoms with E-state index in [1.807, 2.05) is 0 Å². The topological polar surface area (TPSA) is 85.1 Å². The largest absolute Gasteiger partial charge is 0.343 e. The Hall–Kier alpha value is -1.51. The summed E-state index contributed by atoms with van der Waals surface area (Å²) in [5, 5.41) is 3.89. The molecule has 3 rings (SSSR count). The number of rotatable bonds is 4. The highest BCUT2D eigenvalue weighted by Crippen LogP contribution is 2.38. The molecule has 1 aliphatic carbocycles. The van der Waals surface area contributed by atoms with Crippen LogP contribution in [0.2, 0.25) is 5.02 Å². The summed E-state index contributed by atoms with van der Waals surface area (Å²) in [6, 6.07) is 3.43. The van der Waals surface area contributed by atoms with Gasteiger partial charge < -0.3 is 4.52 Å². The maximum atomic E-state index is 13.9. The summed E-state index contributed by atoms with van der Waals surface area (Å²) in [6.07, 6.45) is 3.84. The van der Waals surface area contributed by atoms with Gasteiger partial charge in [0, 0.05) is 5.02 Å². The highest BCUT2D eigenvalue weighted by molar-refractivity contribution is 7.89. The Morgan fingerprint density at radius 2 is 2.05 bits per heavy atom. The van der Waals surface area contributed by atoms with E-state index in [0.29, 0.717) is 12.8 Å². The van der Waals surface area contributed by atoms with E-state index in [0.717, 1.165) is 31.4 Å². The first-order valence-electron chi connectivity index (χ1n) is 6.69. The van der Waals surface area contributed by atoms with Gasteiger partial charge in [-0.25, -0.2) is 12.8 Å². The Morgan fingerprint density at radius 1 is 1.32 bits per heavy atom. The van der Waals surface area contributed by atoms with Gasteiger partial charge in [0.1, 0.15) is 10.7 Å². The van der Waals surface area contributed by atoms with Crippen LogP contribution in [0, 0.1) is 5.82 Å². The average molecular weight is 346 g/mol. The normalized spacial score (nSPS) is 17.7. The fourth-order valence-electron chi connectivity index (χ4n) is 2.74. The summed E-state index contributed by atoms with van der Waals surface area (Å²) in [7, 11) is -4.08. The molecule has 1 aliphatic rings. The van der Waals surface area contributed by atoms with Crippen molar-refractivity contribution in [1.82, 2.24) is 14.9 Å². The fourth-order valence-corrected chi connectivity index (χ4v) is 4.38. The number of aromatic nitrogens is 2. The van der Waals surface area contributed by atoms with E-state index in [4.69, 9.17) is 16.1 Å². The van der Waals surface area contributed by atoms with Crippen LogP contribution in [0.25, 0.3) is 0 Å². The van der Waals surface area contributed by atoms with Crippen LogP contribution in [-0.2, 0) is 15.6 Å². The lowest BCUT2D eigenvalue weighted by Crippen LogP contribution is -2.44. The third-order valence-electron chi connectivity index (χ3n) is 3.76. The van der Waals surface area contributed by atoms with Crippen molar-refractivity contribution in [1.29, 1.82) is 0 Å². The first-order valence-corrected chi connectivity index (χ1v) is 8.55. The van der Waals surface area contributed by atoms with Gasteiger partial charge in [-0.3, -0.25) is 0 Å². The monoisotopic (exact) mass is 345 g/mol. The first kappa shape index (κ1) is 15.4. The molecule has 1 aromatic carbocycles. The van der Waals surface area contributed by atoms with E-state index in [-0.39, 0.29) is 10.8 Å². The minimum atomic E-state index is -4.08. The van der Waals surface area contributed by atoms with Gasteiger partial charge in [-0.15, -0.1) is 0 Å². The average Bonchev–Trinajstić information content (AvgIpc) is 3.08. The Labute approximate surface area is 131 Å². The summed E-state index contributed by atoms with van der Waals surface area (Å²) in [5.41, 5.74) is -0.960. The van der Waals surface area contributed by atoms with Crippen molar-refractivity contribution in [3.63, 3.8) is 0 Å². The van der Waals surface area contributed by atoms with Crippen LogP contribution in [-0.4, -0.2) is 18.6 Å². The maximum absolute atomic E-state index is 13.9. The number of hydrogen-bond donors (Lipinski definition) is 1. The van der Waals surface area contributed by atoms with Crippen molar-refractivity contribution in [2.75, 3.05) is 0 Å². The molecular formula is C13H13ClFN3O3S. The van der Waals surface area contributed by atoms with E-state index in [2.05, 4.69) is 14.9 Å². The minimum absolute atomic E-state index is 0.130. The van der Waals surface area contributed by atoms with Gasteiger partial charge in [-0.05, 0) is 31.0 Å². The Kier molecular flexibility index (Phi) is 3.92. The lowest BCUT2D eigenvalue weighted by Gasteiger charge is -2.26. The van der Waals surface area contributed by atoms with Gasteiger partial charge in [0.05, 0.1) is 5.54 Å². The molecule has 0 amide bonds. The summed E-state index contributed by atoms with van der Waals surface area (Å²) in [4.78, 5) is 3.51. The number of sulfonamides is 1. The van der Waals surface area contributed by atoms with E-state index in [9.17, 15) is 12.8 Å². The fraction of sp³-hybridized carbons (Fsp3) is 0.385. The summed E-state index contributed by atoms with van der Waals surface area (Å²) in [6.45, 7) is 0. The Bertz CT molecular complexity index is 774. The molecule has 2 aromatic rings. The highest BCUT2D eigenvalue weighted by atomic mass is 35.5. The second-order valence-electron chi connectivity index (χ2n) is 5.22. The molecule has 0 saturated heterocycles. The molecule has 1 N–H and O–H groups in total. The smallest absolute Gasteiger partial charge is 0.244 e. The van der Waals surface area contributed by atoms with E-state index < -0.39 is 26.3 Å². The molecule has 22 heavy (non-hydrogen) atoms. The van der Waals surface area contributed by atoms with Crippen molar-refractivity contribution in [2.24, 2.45) is 0 Å². The molecule has 118 valence electrons. The number of hydrogen-bond acceptors (Lipinski definition) is 5. The zero-order valence-corrected chi connectivity index (χ0v) is 13.0. The third-order valence-corrected chi connectivity index (χ3v) is 5.56. The SMILES string of the molecule is O=S(=O)(NC1(c2ncon2)CCCC1)c1ccc(Cl)cc1F. The molecule has 1 fully saturated rings. The predicted molar refractivity (Wildman–Crippen MR) is 76.2 cm³/mol. The Balaban J connectivity index is 1.99. The Morgan fingerprint density at radius 3 is 2.64 bits per heavy atom. The zero-order valence-electron chi connectivity index (χ0n) is 11.4. The second-order valence-corrected chi connectivity index (χ2v) is 7.31. The summed E-state index contributed by atoms with van der Waals surface area (Å²) < 4.78 is 46.3. The van der Waals surface area contributed by atoms with Crippen molar-refractivity contribution in [3.8, 4) is 0 Å². The molecular weight excluding hydrogens is 333 g/mol. The van der Waals surface area contributed by atoms with Gasteiger partial charge in [-0.2, -0.15) is 9.71 Å². The molecule has 0 atom stereocenters. The summed E-state index contributed by atoms with van der Waals surface area (Å²) in [5.74, 6) is -0.635. The molecule has 6 nitrogen and oxygen atoms in total. The lowest BCUT2D eigenvalue weighted by molar-refractivity contribution is 0.343. The van der Waals surface area contributed by atoms with Crippen LogP contribution in [0.1, 0.15) is 31.5 Å². The van der Waals surface area contributed by atoms with Crippen LogP contribution >= 0.6 is 11.6 Å². The van der Waals surface area contributed by atoms with E-state index in [1.54, 1.807) is 0 Å². The number of nitrogens with zero attached hydrogens (tertiary/aromatic N) is 2. The van der Waals surface area contributed by atoms with Crippen molar-refractivity contribution >= 4 is 21.6 Å². The second kappa shape index (κ2) is 5.60. The number of nitrogens with one attached hydrogen (secondary N) is 1. The van der Waals surface area contributed by atoms with Crippen LogP contribution in [0.5, 0.6) is 0 Å². The first-order chi connectivity index (χ1) is 10.4. The van der Waals surface area contributed by atoms with Crippen molar-refractivity contribution < 1.29 is 17.3 Å². The van der Waals surface area contributed by atoms with Crippen molar-refractivity contribution in [3.05, 3.63) is 41.3 Å². The van der Waals surface area contributed by atoms with Crippen molar-refractivity contribution in [2.45, 2.75) is 36.1 Å². The molecule has 0 radical (unpaired) electrons. The summed E-state index contributed by atoms with van der Waals surface area (Å²) >= 11 is 5.66. The molecule has 0 bridgehead atoms. The third kappa shape index (κ3) is 2.73. The van der Waals surface area contributed by atoms with Gasteiger partial charge in [0.25, 0.3) is 0 Å². The molecule has 0 aliphatic heterocycles. The van der Waals surface area contributed by atoms with Crippen LogP contribution in [0.4, 0.5) is 4.39 Å². The van der Waals surface area contributed by atoms with Gasteiger partial charge in [0.2, 0.25) is 16.4 Å². The van der Waals surface area contributed by atoms with Gasteiger partial charge in [-0.1, -0.05) is 29.6 Å². The quantitative estimate of drug-likeness (QED) is 0.920. The molecule has 1 aromatic heterocycles.